The van der Waals surface area contributed by atoms with Crippen LogP contribution in [0.4, 0.5) is 5.95 Å². The van der Waals surface area contributed by atoms with Crippen molar-refractivity contribution in [1.82, 2.24) is 30.8 Å². The van der Waals surface area contributed by atoms with Gasteiger partial charge in [0.05, 0.1) is 5.69 Å². The van der Waals surface area contributed by atoms with E-state index in [0.29, 0.717) is 12.4 Å². The number of piperidine rings is 1. The largest absolute Gasteiger partial charge is 0.351 e. The summed E-state index contributed by atoms with van der Waals surface area (Å²) in [5.74, 6) is 0.325. The maximum Gasteiger partial charge on any atom is 0.250 e. The maximum atomic E-state index is 13.0. The number of tetrazole rings is 1. The molecule has 1 saturated heterocycles. The number of amides is 2. The van der Waals surface area contributed by atoms with Crippen molar-refractivity contribution >= 4 is 17.8 Å². The van der Waals surface area contributed by atoms with Crippen LogP contribution in [-0.4, -0.2) is 57.2 Å². The lowest BCUT2D eigenvalue weighted by Gasteiger charge is -2.33. The van der Waals surface area contributed by atoms with Crippen molar-refractivity contribution in [3.8, 4) is 5.69 Å². The number of nitrogens with zero attached hydrogens (tertiary/aromatic N) is 5. The number of carbonyl (C=O) groups excluding carboxylic acids is 2. The van der Waals surface area contributed by atoms with Crippen LogP contribution in [0.25, 0.3) is 5.69 Å². The fourth-order valence-electron chi connectivity index (χ4n) is 4.17. The van der Waals surface area contributed by atoms with E-state index in [2.05, 4.69) is 31.1 Å². The second-order valence-corrected chi connectivity index (χ2v) is 8.44. The van der Waals surface area contributed by atoms with Crippen LogP contribution in [0.1, 0.15) is 30.9 Å². The number of para-hydroxylation sites is 1. The minimum absolute atomic E-state index is 0.0311. The molecule has 172 valence electrons. The minimum Gasteiger partial charge on any atom is -0.351 e. The molecule has 9 nitrogen and oxygen atoms in total. The SMILES string of the molecule is CC(=O)NC(Cc1cccc(C)c1)C(=O)NC1CCN(c2nnnn2-c2ccccc2)CC1. The second kappa shape index (κ2) is 10.2. The van der Waals surface area contributed by atoms with Crippen LogP contribution in [0.5, 0.6) is 0 Å². The Kier molecular flexibility index (Phi) is 6.97. The summed E-state index contributed by atoms with van der Waals surface area (Å²) >= 11 is 0. The van der Waals surface area contributed by atoms with Crippen LogP contribution >= 0.6 is 0 Å². The number of aromatic nitrogens is 4. The van der Waals surface area contributed by atoms with Gasteiger partial charge in [-0.2, -0.15) is 4.68 Å². The number of nitrogens with one attached hydrogen (secondary N) is 2. The molecule has 9 heteroatoms. The van der Waals surface area contributed by atoms with Gasteiger partial charge in [-0.25, -0.2) is 0 Å². The first-order chi connectivity index (χ1) is 16.0. The Morgan fingerprint density at radius 3 is 2.55 bits per heavy atom. The van der Waals surface area contributed by atoms with Crippen LogP contribution in [0.2, 0.25) is 0 Å². The highest BCUT2D eigenvalue weighted by atomic mass is 16.2. The molecule has 2 N–H and O–H groups in total. The first-order valence-electron chi connectivity index (χ1n) is 11.2. The zero-order chi connectivity index (χ0) is 23.2. The van der Waals surface area contributed by atoms with Crippen molar-refractivity contribution in [2.24, 2.45) is 0 Å². The van der Waals surface area contributed by atoms with Crippen LogP contribution < -0.4 is 15.5 Å². The average Bonchev–Trinajstić information content (AvgIpc) is 3.29. The Bertz CT molecular complexity index is 1090. The molecule has 0 saturated carbocycles. The van der Waals surface area contributed by atoms with Crippen molar-refractivity contribution < 1.29 is 9.59 Å². The summed E-state index contributed by atoms with van der Waals surface area (Å²) in [5.41, 5.74) is 3.05. The lowest BCUT2D eigenvalue weighted by Crippen LogP contribution is -2.52. The van der Waals surface area contributed by atoms with E-state index >= 15 is 0 Å². The number of hydrogen-bond donors (Lipinski definition) is 2. The van der Waals surface area contributed by atoms with E-state index < -0.39 is 6.04 Å². The van der Waals surface area contributed by atoms with Gasteiger partial charge in [0, 0.05) is 32.5 Å². The summed E-state index contributed by atoms with van der Waals surface area (Å²) in [6, 6.07) is 17.2. The molecule has 1 aromatic heterocycles. The van der Waals surface area contributed by atoms with Crippen molar-refractivity contribution in [2.45, 2.75) is 45.2 Å². The van der Waals surface area contributed by atoms with Gasteiger partial charge in [-0.05, 0) is 47.9 Å². The lowest BCUT2D eigenvalue weighted by atomic mass is 10.0. The zero-order valence-corrected chi connectivity index (χ0v) is 18.9. The Labute approximate surface area is 193 Å². The predicted molar refractivity (Wildman–Crippen MR) is 125 cm³/mol. The lowest BCUT2D eigenvalue weighted by molar-refractivity contribution is -0.128. The van der Waals surface area contributed by atoms with Gasteiger partial charge in [0.15, 0.2) is 0 Å². The molecule has 2 heterocycles. The van der Waals surface area contributed by atoms with Crippen molar-refractivity contribution in [2.75, 3.05) is 18.0 Å². The van der Waals surface area contributed by atoms with E-state index in [1.807, 2.05) is 61.5 Å². The Balaban J connectivity index is 1.36. The monoisotopic (exact) mass is 447 g/mol. The van der Waals surface area contributed by atoms with Crippen LogP contribution in [0.15, 0.2) is 54.6 Å². The molecular formula is C24H29N7O2. The first kappa shape index (κ1) is 22.4. The predicted octanol–water partition coefficient (Wildman–Crippen LogP) is 1.80. The van der Waals surface area contributed by atoms with E-state index in [0.717, 1.165) is 42.7 Å². The minimum atomic E-state index is -0.604. The third kappa shape index (κ3) is 5.74. The molecule has 2 aromatic carbocycles. The first-order valence-corrected chi connectivity index (χ1v) is 11.2. The molecule has 1 aliphatic heterocycles. The third-order valence-electron chi connectivity index (χ3n) is 5.79. The zero-order valence-electron chi connectivity index (χ0n) is 18.9. The molecule has 1 atom stereocenters. The van der Waals surface area contributed by atoms with E-state index in [-0.39, 0.29) is 17.9 Å². The van der Waals surface area contributed by atoms with Gasteiger partial charge in [0.2, 0.25) is 17.8 Å². The maximum absolute atomic E-state index is 13.0. The fraction of sp³-hybridized carbons (Fsp3) is 0.375. The molecule has 4 rings (SSSR count). The van der Waals surface area contributed by atoms with Crippen LogP contribution in [-0.2, 0) is 16.0 Å². The topological polar surface area (TPSA) is 105 Å². The molecule has 0 aliphatic carbocycles. The third-order valence-corrected chi connectivity index (χ3v) is 5.79. The molecule has 2 amide bonds. The van der Waals surface area contributed by atoms with Gasteiger partial charge in [-0.3, -0.25) is 9.59 Å². The smallest absolute Gasteiger partial charge is 0.250 e. The van der Waals surface area contributed by atoms with Gasteiger partial charge in [-0.1, -0.05) is 53.1 Å². The number of aryl methyl sites for hydroxylation is 1. The molecule has 0 spiro atoms. The molecule has 33 heavy (non-hydrogen) atoms. The highest BCUT2D eigenvalue weighted by molar-refractivity contribution is 5.87. The number of anilines is 1. The van der Waals surface area contributed by atoms with Gasteiger partial charge in [-0.15, -0.1) is 0 Å². The highest BCUT2D eigenvalue weighted by Crippen LogP contribution is 2.20. The van der Waals surface area contributed by atoms with Gasteiger partial charge < -0.3 is 15.5 Å². The second-order valence-electron chi connectivity index (χ2n) is 8.44. The average molecular weight is 448 g/mol. The Morgan fingerprint density at radius 2 is 1.85 bits per heavy atom. The van der Waals surface area contributed by atoms with E-state index in [1.165, 1.54) is 6.92 Å². The van der Waals surface area contributed by atoms with Gasteiger partial charge >= 0.3 is 0 Å². The summed E-state index contributed by atoms with van der Waals surface area (Å²) < 4.78 is 1.73. The number of carbonyl (C=O) groups is 2. The van der Waals surface area contributed by atoms with E-state index in [4.69, 9.17) is 0 Å². The quantitative estimate of drug-likeness (QED) is 0.572. The molecule has 0 bridgehead atoms. The van der Waals surface area contributed by atoms with Crippen molar-refractivity contribution in [1.29, 1.82) is 0 Å². The molecule has 1 aliphatic rings. The molecular weight excluding hydrogens is 418 g/mol. The standard InChI is InChI=1S/C24H29N7O2/c1-17-7-6-8-19(15-17)16-22(25-18(2)32)23(33)26-20-11-13-30(14-12-20)24-27-28-29-31(24)21-9-4-3-5-10-21/h3-10,15,20,22H,11-14,16H2,1-2H3,(H,25,32)(H,26,33). The van der Waals surface area contributed by atoms with Gasteiger partial charge in [0.25, 0.3) is 0 Å². The van der Waals surface area contributed by atoms with E-state index in [1.54, 1.807) is 4.68 Å². The van der Waals surface area contributed by atoms with E-state index in [9.17, 15) is 9.59 Å². The highest BCUT2D eigenvalue weighted by Gasteiger charge is 2.27. The van der Waals surface area contributed by atoms with Crippen molar-refractivity contribution in [3.63, 3.8) is 0 Å². The number of benzene rings is 2. The molecule has 0 radical (unpaired) electrons. The van der Waals surface area contributed by atoms with Crippen LogP contribution in [0, 0.1) is 6.92 Å². The van der Waals surface area contributed by atoms with Gasteiger partial charge in [0.1, 0.15) is 6.04 Å². The van der Waals surface area contributed by atoms with Crippen molar-refractivity contribution in [3.05, 3.63) is 65.7 Å². The Morgan fingerprint density at radius 1 is 1.09 bits per heavy atom. The normalized spacial score (nSPS) is 15.2. The molecule has 1 unspecified atom stereocenters. The summed E-state index contributed by atoms with van der Waals surface area (Å²) in [7, 11) is 0. The number of hydrogen-bond acceptors (Lipinski definition) is 6. The Hall–Kier alpha value is -3.75. The molecule has 3 aromatic rings. The summed E-state index contributed by atoms with van der Waals surface area (Å²) in [4.78, 5) is 26.9. The van der Waals surface area contributed by atoms with Crippen LogP contribution in [0.3, 0.4) is 0 Å². The number of rotatable bonds is 7. The molecule has 1 fully saturated rings. The fourth-order valence-corrected chi connectivity index (χ4v) is 4.17. The summed E-state index contributed by atoms with van der Waals surface area (Å²) in [5, 5.41) is 18.1. The summed E-state index contributed by atoms with van der Waals surface area (Å²) in [6.07, 6.45) is 1.99. The summed E-state index contributed by atoms with van der Waals surface area (Å²) in [6.45, 7) is 4.90.